The van der Waals surface area contributed by atoms with Crippen LogP contribution in [-0.4, -0.2) is 4.98 Å². The van der Waals surface area contributed by atoms with Gasteiger partial charge in [0, 0.05) is 21.5 Å². The first-order valence-electron chi connectivity index (χ1n) is 7.73. The maximum absolute atomic E-state index is 6.27. The first-order chi connectivity index (χ1) is 11.7. The minimum Gasteiger partial charge on any atom is -0.383 e. The second-order valence-corrected chi connectivity index (χ2v) is 6.08. The Morgan fingerprint density at radius 2 is 1.33 bits per heavy atom. The van der Waals surface area contributed by atoms with Crippen molar-refractivity contribution in [1.82, 2.24) is 4.98 Å². The summed E-state index contributed by atoms with van der Waals surface area (Å²) in [7, 11) is 0. The molecule has 1 aromatic heterocycles. The highest BCUT2D eigenvalue weighted by Gasteiger charge is 2.16. The summed E-state index contributed by atoms with van der Waals surface area (Å²) in [4.78, 5) is 4.71. The number of nitrogens with zero attached hydrogens (tertiary/aromatic N) is 1. The van der Waals surface area contributed by atoms with Crippen molar-refractivity contribution in [2.45, 2.75) is 0 Å². The van der Waals surface area contributed by atoms with E-state index in [2.05, 4.69) is 12.1 Å². The number of anilines is 1. The fourth-order valence-electron chi connectivity index (χ4n) is 3.01. The van der Waals surface area contributed by atoms with Crippen LogP contribution in [0.5, 0.6) is 0 Å². The van der Waals surface area contributed by atoms with Crippen molar-refractivity contribution in [3.63, 3.8) is 0 Å². The molecule has 2 N–H and O–H groups in total. The predicted molar refractivity (Wildman–Crippen MR) is 102 cm³/mol. The molecule has 0 unspecified atom stereocenters. The first kappa shape index (κ1) is 14.7. The predicted octanol–water partition coefficient (Wildman–Crippen LogP) is 5.80. The Balaban J connectivity index is 2.16. The van der Waals surface area contributed by atoms with Gasteiger partial charge in [0.25, 0.3) is 0 Å². The van der Waals surface area contributed by atoms with Gasteiger partial charge in [-0.25, -0.2) is 4.98 Å². The molecule has 0 bridgehead atoms. The van der Waals surface area contributed by atoms with E-state index in [1.807, 2.05) is 66.7 Å². The Labute approximate surface area is 145 Å². The second kappa shape index (κ2) is 5.99. The standard InChI is InChI=1S/C21H15ClN2/c22-16-11-12-17-18(13-16)19(14-7-3-1-4-8-14)20(24-21(17)23)15-9-5-2-6-10-15/h1-13H,(H2,23,24). The molecular formula is C21H15ClN2. The number of rotatable bonds is 2. The van der Waals surface area contributed by atoms with Crippen molar-refractivity contribution in [1.29, 1.82) is 0 Å². The van der Waals surface area contributed by atoms with E-state index in [1.54, 1.807) is 0 Å². The first-order valence-corrected chi connectivity index (χ1v) is 8.11. The number of nitrogens with two attached hydrogens (primary N) is 1. The lowest BCUT2D eigenvalue weighted by atomic mass is 9.94. The van der Waals surface area contributed by atoms with Gasteiger partial charge in [-0.1, -0.05) is 72.3 Å². The number of hydrogen-bond acceptors (Lipinski definition) is 2. The molecule has 116 valence electrons. The fraction of sp³-hybridized carbons (Fsp3) is 0. The van der Waals surface area contributed by atoms with Crippen LogP contribution in [0.1, 0.15) is 0 Å². The molecule has 0 saturated heterocycles. The van der Waals surface area contributed by atoms with Crippen LogP contribution in [-0.2, 0) is 0 Å². The van der Waals surface area contributed by atoms with E-state index in [9.17, 15) is 0 Å². The van der Waals surface area contributed by atoms with Crippen molar-refractivity contribution in [3.8, 4) is 22.4 Å². The Hall–Kier alpha value is -2.84. The quantitative estimate of drug-likeness (QED) is 0.504. The number of aromatic nitrogens is 1. The highest BCUT2D eigenvalue weighted by atomic mass is 35.5. The molecule has 0 spiro atoms. The monoisotopic (exact) mass is 330 g/mol. The van der Waals surface area contributed by atoms with Crippen LogP contribution in [0.4, 0.5) is 5.82 Å². The van der Waals surface area contributed by atoms with Crippen LogP contribution in [0, 0.1) is 0 Å². The molecule has 0 radical (unpaired) electrons. The minimum absolute atomic E-state index is 0.514. The molecule has 0 aliphatic rings. The number of halogens is 1. The molecule has 3 aromatic carbocycles. The molecule has 0 amide bonds. The third-order valence-electron chi connectivity index (χ3n) is 4.11. The van der Waals surface area contributed by atoms with Crippen LogP contribution < -0.4 is 5.73 Å². The van der Waals surface area contributed by atoms with E-state index < -0.39 is 0 Å². The van der Waals surface area contributed by atoms with Gasteiger partial charge in [-0.2, -0.15) is 0 Å². The Kier molecular flexibility index (Phi) is 3.68. The van der Waals surface area contributed by atoms with E-state index in [0.717, 1.165) is 33.2 Å². The molecule has 0 aliphatic heterocycles. The normalized spacial score (nSPS) is 10.9. The summed E-state index contributed by atoms with van der Waals surface area (Å²) >= 11 is 6.27. The summed E-state index contributed by atoms with van der Waals surface area (Å²) in [5.41, 5.74) is 10.3. The van der Waals surface area contributed by atoms with Gasteiger partial charge in [0.1, 0.15) is 5.82 Å². The second-order valence-electron chi connectivity index (χ2n) is 5.64. The number of nitrogen functional groups attached to an aromatic ring is 1. The van der Waals surface area contributed by atoms with E-state index in [1.165, 1.54) is 0 Å². The molecule has 1 heterocycles. The average Bonchev–Trinajstić information content (AvgIpc) is 2.63. The highest BCUT2D eigenvalue weighted by Crippen LogP contribution is 2.39. The number of fused-ring (bicyclic) bond motifs is 1. The lowest BCUT2D eigenvalue weighted by Crippen LogP contribution is -1.98. The van der Waals surface area contributed by atoms with Crippen molar-refractivity contribution in [3.05, 3.63) is 83.9 Å². The van der Waals surface area contributed by atoms with E-state index in [0.29, 0.717) is 10.8 Å². The van der Waals surface area contributed by atoms with Crippen LogP contribution in [0.3, 0.4) is 0 Å². The number of pyridine rings is 1. The third-order valence-corrected chi connectivity index (χ3v) is 4.34. The van der Waals surface area contributed by atoms with Gasteiger partial charge >= 0.3 is 0 Å². The smallest absolute Gasteiger partial charge is 0.132 e. The summed E-state index contributed by atoms with van der Waals surface area (Å²) in [6, 6.07) is 26.1. The molecule has 0 fully saturated rings. The highest BCUT2D eigenvalue weighted by molar-refractivity contribution is 6.31. The van der Waals surface area contributed by atoms with Crippen molar-refractivity contribution in [2.24, 2.45) is 0 Å². The fourth-order valence-corrected chi connectivity index (χ4v) is 3.18. The van der Waals surface area contributed by atoms with E-state index in [4.69, 9.17) is 22.3 Å². The zero-order valence-electron chi connectivity index (χ0n) is 12.9. The van der Waals surface area contributed by atoms with Gasteiger partial charge in [0.05, 0.1) is 5.69 Å². The number of hydrogen-bond donors (Lipinski definition) is 1. The molecule has 2 nitrogen and oxygen atoms in total. The van der Waals surface area contributed by atoms with Crippen molar-refractivity contribution < 1.29 is 0 Å². The Bertz CT molecular complexity index is 1010. The van der Waals surface area contributed by atoms with Crippen molar-refractivity contribution >= 4 is 28.2 Å². The van der Waals surface area contributed by atoms with Crippen LogP contribution >= 0.6 is 11.6 Å². The van der Waals surface area contributed by atoms with Gasteiger partial charge in [0.2, 0.25) is 0 Å². The Morgan fingerprint density at radius 1 is 0.708 bits per heavy atom. The van der Waals surface area contributed by atoms with Crippen LogP contribution in [0.25, 0.3) is 33.2 Å². The third kappa shape index (κ3) is 2.51. The zero-order chi connectivity index (χ0) is 16.5. The van der Waals surface area contributed by atoms with E-state index in [-0.39, 0.29) is 0 Å². The molecule has 4 rings (SSSR count). The maximum Gasteiger partial charge on any atom is 0.132 e. The van der Waals surface area contributed by atoms with Gasteiger partial charge in [-0.3, -0.25) is 0 Å². The van der Waals surface area contributed by atoms with Gasteiger partial charge in [-0.05, 0) is 29.1 Å². The summed E-state index contributed by atoms with van der Waals surface area (Å²) in [5, 5.41) is 2.61. The largest absolute Gasteiger partial charge is 0.383 e. The lowest BCUT2D eigenvalue weighted by molar-refractivity contribution is 1.36. The summed E-state index contributed by atoms with van der Waals surface area (Å²) in [5.74, 6) is 0.514. The molecule has 0 aliphatic carbocycles. The van der Waals surface area contributed by atoms with Gasteiger partial charge in [-0.15, -0.1) is 0 Å². The lowest BCUT2D eigenvalue weighted by Gasteiger charge is -2.15. The summed E-state index contributed by atoms with van der Waals surface area (Å²) in [6.07, 6.45) is 0. The van der Waals surface area contributed by atoms with Crippen molar-refractivity contribution in [2.75, 3.05) is 5.73 Å². The van der Waals surface area contributed by atoms with Gasteiger partial charge in [0.15, 0.2) is 0 Å². The molecule has 0 atom stereocenters. The average molecular weight is 331 g/mol. The molecule has 0 saturated carbocycles. The zero-order valence-corrected chi connectivity index (χ0v) is 13.7. The molecule has 4 aromatic rings. The Morgan fingerprint density at radius 3 is 2.00 bits per heavy atom. The molecule has 3 heteroatoms. The minimum atomic E-state index is 0.514. The maximum atomic E-state index is 6.27. The van der Waals surface area contributed by atoms with Gasteiger partial charge < -0.3 is 5.73 Å². The topological polar surface area (TPSA) is 38.9 Å². The number of benzene rings is 3. The summed E-state index contributed by atoms with van der Waals surface area (Å²) < 4.78 is 0. The SMILES string of the molecule is Nc1nc(-c2ccccc2)c(-c2ccccc2)c2cc(Cl)ccc12. The van der Waals surface area contributed by atoms with Crippen LogP contribution in [0.2, 0.25) is 5.02 Å². The summed E-state index contributed by atoms with van der Waals surface area (Å²) in [6.45, 7) is 0. The molecular weight excluding hydrogens is 316 g/mol. The van der Waals surface area contributed by atoms with E-state index >= 15 is 0 Å². The van der Waals surface area contributed by atoms with Crippen LogP contribution in [0.15, 0.2) is 78.9 Å². The molecule has 24 heavy (non-hydrogen) atoms.